The van der Waals surface area contributed by atoms with Gasteiger partial charge in [0.25, 0.3) is 11.7 Å². The summed E-state index contributed by atoms with van der Waals surface area (Å²) in [6, 6.07) is 10.7. The summed E-state index contributed by atoms with van der Waals surface area (Å²) >= 11 is 0. The van der Waals surface area contributed by atoms with Crippen molar-refractivity contribution < 1.29 is 19.1 Å². The third kappa shape index (κ3) is 3.55. The number of benzene rings is 2. The second-order valence-electron chi connectivity index (χ2n) is 5.65. The minimum atomic E-state index is -0.957. The highest BCUT2D eigenvalue weighted by molar-refractivity contribution is 6.44. The minimum Gasteiger partial charge on any atom is -0.492 e. The van der Waals surface area contributed by atoms with Crippen molar-refractivity contribution in [1.82, 2.24) is 4.90 Å². The first-order valence-corrected chi connectivity index (χ1v) is 7.95. The third-order valence-electron chi connectivity index (χ3n) is 4.12. The van der Waals surface area contributed by atoms with Crippen LogP contribution >= 0.6 is 0 Å². The molecular formula is C18H20N2O4. The van der Waals surface area contributed by atoms with Crippen LogP contribution in [0.5, 0.6) is 5.75 Å². The Morgan fingerprint density at radius 2 is 1.79 bits per heavy atom. The van der Waals surface area contributed by atoms with E-state index in [1.807, 2.05) is 18.2 Å². The largest absolute Gasteiger partial charge is 0.492 e. The maximum absolute atomic E-state index is 12.0. The molecule has 1 amide bonds. The Morgan fingerprint density at radius 1 is 1.08 bits per heavy atom. The van der Waals surface area contributed by atoms with Gasteiger partial charge < -0.3 is 15.2 Å². The van der Waals surface area contributed by atoms with Gasteiger partial charge in [0.1, 0.15) is 12.4 Å². The molecule has 3 rings (SSSR count). The van der Waals surface area contributed by atoms with Gasteiger partial charge >= 0.3 is 0 Å². The highest BCUT2D eigenvalue weighted by atomic mass is 16.5. The van der Waals surface area contributed by atoms with Crippen molar-refractivity contribution in [2.45, 2.75) is 0 Å². The average Bonchev–Trinajstić information content (AvgIpc) is 2.62. The smallest absolute Gasteiger partial charge is 0.289 e. The Labute approximate surface area is 140 Å². The van der Waals surface area contributed by atoms with E-state index in [0.717, 1.165) is 38.2 Å². The summed E-state index contributed by atoms with van der Waals surface area (Å²) in [6.07, 6.45) is 0. The van der Waals surface area contributed by atoms with Crippen molar-refractivity contribution in [2.75, 3.05) is 39.5 Å². The molecule has 0 spiro atoms. The minimum absolute atomic E-state index is 0.304. The van der Waals surface area contributed by atoms with Crippen LogP contribution < -0.4 is 10.5 Å². The number of rotatable bonds is 6. The van der Waals surface area contributed by atoms with Crippen LogP contribution in [0.4, 0.5) is 0 Å². The number of fused-ring (bicyclic) bond motifs is 1. The van der Waals surface area contributed by atoms with Crippen molar-refractivity contribution in [3.63, 3.8) is 0 Å². The molecule has 0 bridgehead atoms. The number of ketones is 1. The first kappa shape index (κ1) is 16.4. The average molecular weight is 328 g/mol. The summed E-state index contributed by atoms with van der Waals surface area (Å²) in [6.45, 7) is 4.71. The number of amides is 1. The fourth-order valence-corrected chi connectivity index (χ4v) is 2.84. The number of nitrogens with two attached hydrogens (primary N) is 1. The summed E-state index contributed by atoms with van der Waals surface area (Å²) < 4.78 is 11.2. The molecule has 1 heterocycles. The molecule has 24 heavy (non-hydrogen) atoms. The molecular weight excluding hydrogens is 308 g/mol. The van der Waals surface area contributed by atoms with Crippen LogP contribution in [0.2, 0.25) is 0 Å². The van der Waals surface area contributed by atoms with Gasteiger partial charge in [0.15, 0.2) is 0 Å². The van der Waals surface area contributed by atoms with Crippen LogP contribution in [0.15, 0.2) is 36.4 Å². The topological polar surface area (TPSA) is 81.9 Å². The van der Waals surface area contributed by atoms with Gasteiger partial charge in [-0.3, -0.25) is 14.5 Å². The number of morpholine rings is 1. The third-order valence-corrected chi connectivity index (χ3v) is 4.12. The Hall–Kier alpha value is -2.44. The lowest BCUT2D eigenvalue weighted by Gasteiger charge is -2.26. The number of hydrogen-bond acceptors (Lipinski definition) is 5. The van der Waals surface area contributed by atoms with E-state index in [9.17, 15) is 9.59 Å². The Morgan fingerprint density at radius 3 is 2.50 bits per heavy atom. The molecule has 126 valence electrons. The van der Waals surface area contributed by atoms with E-state index in [2.05, 4.69) is 4.90 Å². The zero-order valence-corrected chi connectivity index (χ0v) is 13.4. The second-order valence-corrected chi connectivity index (χ2v) is 5.65. The van der Waals surface area contributed by atoms with E-state index in [-0.39, 0.29) is 0 Å². The number of ether oxygens (including phenoxy) is 2. The molecule has 6 nitrogen and oxygen atoms in total. The summed E-state index contributed by atoms with van der Waals surface area (Å²) in [5.41, 5.74) is 5.43. The van der Waals surface area contributed by atoms with Gasteiger partial charge in [-0.15, -0.1) is 0 Å². The van der Waals surface area contributed by atoms with Crippen LogP contribution in [0.1, 0.15) is 10.4 Å². The number of hydrogen-bond donors (Lipinski definition) is 1. The molecule has 0 aromatic heterocycles. The summed E-state index contributed by atoms with van der Waals surface area (Å²) in [4.78, 5) is 25.4. The quantitative estimate of drug-likeness (QED) is 0.637. The molecule has 1 fully saturated rings. The first-order valence-electron chi connectivity index (χ1n) is 7.95. The Balaban J connectivity index is 1.77. The zero-order valence-electron chi connectivity index (χ0n) is 13.4. The second kappa shape index (κ2) is 7.42. The maximum atomic E-state index is 12.0. The highest BCUT2D eigenvalue weighted by Gasteiger charge is 2.17. The van der Waals surface area contributed by atoms with Gasteiger partial charge in [-0.25, -0.2) is 0 Å². The van der Waals surface area contributed by atoms with E-state index in [1.165, 1.54) is 0 Å². The molecule has 1 aliphatic heterocycles. The SMILES string of the molecule is NC(=O)C(=O)c1ccc(OCCN2CCOCC2)c2ccccc12. The number of nitrogens with zero attached hydrogens (tertiary/aromatic N) is 1. The van der Waals surface area contributed by atoms with E-state index >= 15 is 0 Å². The molecule has 2 N–H and O–H groups in total. The number of carbonyl (C=O) groups excluding carboxylic acids is 2. The molecule has 0 unspecified atom stereocenters. The van der Waals surface area contributed by atoms with Gasteiger partial charge in [0.05, 0.1) is 13.2 Å². The fraction of sp³-hybridized carbons (Fsp3) is 0.333. The van der Waals surface area contributed by atoms with E-state index in [4.69, 9.17) is 15.2 Å². The van der Waals surface area contributed by atoms with E-state index in [0.29, 0.717) is 23.3 Å². The summed E-state index contributed by atoms with van der Waals surface area (Å²) in [7, 11) is 0. The Kier molecular flexibility index (Phi) is 5.08. The molecule has 6 heteroatoms. The van der Waals surface area contributed by atoms with Crippen LogP contribution in [0.3, 0.4) is 0 Å². The first-order chi connectivity index (χ1) is 11.7. The fourth-order valence-electron chi connectivity index (χ4n) is 2.84. The maximum Gasteiger partial charge on any atom is 0.289 e. The molecule has 0 atom stereocenters. The van der Waals surface area contributed by atoms with Crippen LogP contribution in [-0.4, -0.2) is 56.0 Å². The van der Waals surface area contributed by atoms with Crippen LogP contribution in [-0.2, 0) is 9.53 Å². The van der Waals surface area contributed by atoms with Crippen LogP contribution in [0, 0.1) is 0 Å². The highest BCUT2D eigenvalue weighted by Crippen LogP contribution is 2.28. The van der Waals surface area contributed by atoms with Crippen molar-refractivity contribution in [3.05, 3.63) is 42.0 Å². The lowest BCUT2D eigenvalue weighted by Crippen LogP contribution is -2.38. The van der Waals surface area contributed by atoms with Gasteiger partial charge in [-0.05, 0) is 17.5 Å². The molecule has 1 saturated heterocycles. The monoisotopic (exact) mass is 328 g/mol. The molecule has 2 aromatic carbocycles. The molecule has 0 saturated carbocycles. The van der Waals surface area contributed by atoms with Crippen molar-refractivity contribution in [2.24, 2.45) is 5.73 Å². The lowest BCUT2D eigenvalue weighted by atomic mass is 10.0. The summed E-state index contributed by atoms with van der Waals surface area (Å²) in [5.74, 6) is -0.952. The summed E-state index contributed by atoms with van der Waals surface area (Å²) in [5, 5.41) is 1.47. The van der Waals surface area contributed by atoms with Crippen molar-refractivity contribution in [1.29, 1.82) is 0 Å². The standard InChI is InChI=1S/C18H20N2O4/c19-18(22)17(21)15-5-6-16(14-4-2-1-3-13(14)15)24-12-9-20-7-10-23-11-8-20/h1-6H,7-12H2,(H2,19,22). The van der Waals surface area contributed by atoms with Gasteiger partial charge in [0.2, 0.25) is 0 Å². The predicted molar refractivity (Wildman–Crippen MR) is 90.2 cm³/mol. The van der Waals surface area contributed by atoms with E-state index in [1.54, 1.807) is 18.2 Å². The molecule has 0 aliphatic carbocycles. The van der Waals surface area contributed by atoms with Crippen molar-refractivity contribution >= 4 is 22.5 Å². The number of carbonyl (C=O) groups is 2. The normalized spacial score (nSPS) is 15.3. The molecule has 0 radical (unpaired) electrons. The predicted octanol–water partition coefficient (Wildman–Crippen LogP) is 1.22. The van der Waals surface area contributed by atoms with Gasteiger partial charge in [-0.1, -0.05) is 24.3 Å². The Bertz CT molecular complexity index is 754. The zero-order chi connectivity index (χ0) is 16.9. The van der Waals surface area contributed by atoms with Crippen molar-refractivity contribution in [3.8, 4) is 5.75 Å². The number of Topliss-reactive ketones (excluding diaryl/α,β-unsaturated/α-hetero) is 1. The van der Waals surface area contributed by atoms with Crippen LogP contribution in [0.25, 0.3) is 10.8 Å². The molecule has 1 aliphatic rings. The lowest BCUT2D eigenvalue weighted by molar-refractivity contribution is -0.114. The van der Waals surface area contributed by atoms with E-state index < -0.39 is 11.7 Å². The van der Waals surface area contributed by atoms with Gasteiger partial charge in [0, 0.05) is 30.6 Å². The number of primary amides is 1. The van der Waals surface area contributed by atoms with Gasteiger partial charge in [-0.2, -0.15) is 0 Å². The molecule has 2 aromatic rings.